The molecule has 1 heterocycles. The van der Waals surface area contributed by atoms with Gasteiger partial charge in [0.1, 0.15) is 5.82 Å². The van der Waals surface area contributed by atoms with Gasteiger partial charge in [0.15, 0.2) is 0 Å². The van der Waals surface area contributed by atoms with E-state index in [2.05, 4.69) is 10.6 Å². The maximum absolute atomic E-state index is 13.3. The van der Waals surface area contributed by atoms with Gasteiger partial charge >= 0.3 is 0 Å². The molecule has 1 fully saturated rings. The lowest BCUT2D eigenvalue weighted by atomic mass is 9.99. The number of carbonyl (C=O) groups is 1. The van der Waals surface area contributed by atoms with Crippen molar-refractivity contribution < 1.29 is 9.18 Å². The monoisotopic (exact) mass is 236 g/mol. The molecule has 1 aliphatic rings. The van der Waals surface area contributed by atoms with Crippen molar-refractivity contribution in [1.29, 1.82) is 0 Å². The zero-order valence-electron chi connectivity index (χ0n) is 9.71. The highest BCUT2D eigenvalue weighted by molar-refractivity contribution is 5.78. The average molecular weight is 236 g/mol. The minimum absolute atomic E-state index is 0.0143. The largest absolute Gasteiger partial charge is 0.352 e. The van der Waals surface area contributed by atoms with Crippen LogP contribution in [0.25, 0.3) is 0 Å². The van der Waals surface area contributed by atoms with Gasteiger partial charge in [0.25, 0.3) is 0 Å². The number of carbonyl (C=O) groups excluding carboxylic acids is 1. The van der Waals surface area contributed by atoms with E-state index in [1.54, 1.807) is 18.2 Å². The molecule has 92 valence electrons. The zero-order chi connectivity index (χ0) is 12.1. The topological polar surface area (TPSA) is 41.1 Å². The lowest BCUT2D eigenvalue weighted by molar-refractivity contribution is -0.125. The van der Waals surface area contributed by atoms with Gasteiger partial charge in [0.2, 0.25) is 5.91 Å². The summed E-state index contributed by atoms with van der Waals surface area (Å²) in [6, 6.07) is 6.51. The third kappa shape index (κ3) is 3.27. The van der Waals surface area contributed by atoms with E-state index in [1.165, 1.54) is 6.07 Å². The van der Waals surface area contributed by atoms with E-state index in [-0.39, 0.29) is 24.2 Å². The molecule has 0 aromatic heterocycles. The molecule has 1 aromatic rings. The van der Waals surface area contributed by atoms with Crippen molar-refractivity contribution in [1.82, 2.24) is 10.6 Å². The Kier molecular flexibility index (Phi) is 4.09. The van der Waals surface area contributed by atoms with Crippen molar-refractivity contribution >= 4 is 5.91 Å². The summed E-state index contributed by atoms with van der Waals surface area (Å²) in [5.74, 6) is -0.231. The maximum atomic E-state index is 13.3. The Balaban J connectivity index is 1.85. The first-order valence-corrected chi connectivity index (χ1v) is 5.99. The van der Waals surface area contributed by atoms with Gasteiger partial charge in [0.05, 0.1) is 5.92 Å². The molecule has 0 bridgehead atoms. The highest BCUT2D eigenvalue weighted by Crippen LogP contribution is 2.11. The highest BCUT2D eigenvalue weighted by atomic mass is 19.1. The van der Waals surface area contributed by atoms with Gasteiger partial charge in [-0.15, -0.1) is 0 Å². The summed E-state index contributed by atoms with van der Waals surface area (Å²) in [5, 5.41) is 5.98. The first-order chi connectivity index (χ1) is 8.27. The van der Waals surface area contributed by atoms with Crippen LogP contribution in [0.2, 0.25) is 0 Å². The summed E-state index contributed by atoms with van der Waals surface area (Å²) >= 11 is 0. The molecule has 0 aliphatic carbocycles. The molecule has 1 atom stereocenters. The Morgan fingerprint density at radius 3 is 3.00 bits per heavy atom. The van der Waals surface area contributed by atoms with Crippen LogP contribution in [-0.4, -0.2) is 19.0 Å². The molecule has 1 saturated heterocycles. The van der Waals surface area contributed by atoms with E-state index >= 15 is 0 Å². The van der Waals surface area contributed by atoms with E-state index in [0.717, 1.165) is 25.9 Å². The molecule has 17 heavy (non-hydrogen) atoms. The Bertz CT molecular complexity index is 389. The molecule has 3 nitrogen and oxygen atoms in total. The molecule has 1 unspecified atom stereocenters. The van der Waals surface area contributed by atoms with Crippen LogP contribution in [0, 0.1) is 11.7 Å². The molecular weight excluding hydrogens is 219 g/mol. The molecule has 4 heteroatoms. The summed E-state index contributed by atoms with van der Waals surface area (Å²) in [5.41, 5.74) is 0.532. The number of rotatable bonds is 3. The van der Waals surface area contributed by atoms with Crippen LogP contribution in [0.3, 0.4) is 0 Å². The molecule has 1 aromatic carbocycles. The van der Waals surface area contributed by atoms with E-state index in [9.17, 15) is 9.18 Å². The third-order valence-electron chi connectivity index (χ3n) is 3.08. The smallest absolute Gasteiger partial charge is 0.224 e. The van der Waals surface area contributed by atoms with Gasteiger partial charge in [-0.05, 0) is 25.5 Å². The predicted molar refractivity (Wildman–Crippen MR) is 63.8 cm³/mol. The lowest BCUT2D eigenvalue weighted by Gasteiger charge is -2.21. The fourth-order valence-electron chi connectivity index (χ4n) is 2.04. The maximum Gasteiger partial charge on any atom is 0.224 e. The van der Waals surface area contributed by atoms with Gasteiger partial charge in [-0.1, -0.05) is 18.2 Å². The van der Waals surface area contributed by atoms with Crippen LogP contribution in [0.15, 0.2) is 24.3 Å². The quantitative estimate of drug-likeness (QED) is 0.834. The van der Waals surface area contributed by atoms with Crippen molar-refractivity contribution in [2.24, 2.45) is 5.92 Å². The Morgan fingerprint density at radius 1 is 1.47 bits per heavy atom. The fourth-order valence-corrected chi connectivity index (χ4v) is 2.04. The van der Waals surface area contributed by atoms with E-state index in [4.69, 9.17) is 0 Å². The van der Waals surface area contributed by atoms with Crippen molar-refractivity contribution in [3.63, 3.8) is 0 Å². The first kappa shape index (κ1) is 12.0. The van der Waals surface area contributed by atoms with E-state index in [0.29, 0.717) is 5.56 Å². The highest BCUT2D eigenvalue weighted by Gasteiger charge is 2.20. The van der Waals surface area contributed by atoms with Crippen molar-refractivity contribution in [2.75, 3.05) is 13.1 Å². The SMILES string of the molecule is O=C(NCc1ccccc1F)C1CCCNC1. The summed E-state index contributed by atoms with van der Waals surface area (Å²) < 4.78 is 13.3. The second-order valence-electron chi connectivity index (χ2n) is 4.35. The second kappa shape index (κ2) is 5.77. The Hall–Kier alpha value is -1.42. The summed E-state index contributed by atoms with van der Waals surface area (Å²) in [6.07, 6.45) is 1.94. The van der Waals surface area contributed by atoms with Crippen molar-refractivity contribution in [3.05, 3.63) is 35.6 Å². The predicted octanol–water partition coefficient (Wildman–Crippen LogP) is 1.44. The lowest BCUT2D eigenvalue weighted by Crippen LogP contribution is -2.40. The number of nitrogens with one attached hydrogen (secondary N) is 2. The number of hydrogen-bond acceptors (Lipinski definition) is 2. The van der Waals surface area contributed by atoms with Crippen LogP contribution in [0.5, 0.6) is 0 Å². The van der Waals surface area contributed by atoms with Crippen LogP contribution in [-0.2, 0) is 11.3 Å². The number of piperidine rings is 1. The zero-order valence-corrected chi connectivity index (χ0v) is 9.71. The molecule has 1 amide bonds. The molecule has 2 rings (SSSR count). The summed E-state index contributed by atoms with van der Waals surface area (Å²) in [4.78, 5) is 11.8. The standard InChI is InChI=1S/C13H17FN2O/c14-12-6-2-1-4-10(12)9-16-13(17)11-5-3-7-15-8-11/h1-2,4,6,11,15H,3,5,7-9H2,(H,16,17). The van der Waals surface area contributed by atoms with Crippen molar-refractivity contribution in [3.8, 4) is 0 Å². The molecule has 0 spiro atoms. The van der Waals surface area contributed by atoms with Gasteiger partial charge in [-0.2, -0.15) is 0 Å². The van der Waals surface area contributed by atoms with Crippen molar-refractivity contribution in [2.45, 2.75) is 19.4 Å². The van der Waals surface area contributed by atoms with E-state index < -0.39 is 0 Å². The number of amides is 1. The van der Waals surface area contributed by atoms with Gasteiger partial charge in [-0.25, -0.2) is 4.39 Å². The van der Waals surface area contributed by atoms with Crippen LogP contribution < -0.4 is 10.6 Å². The van der Waals surface area contributed by atoms with Crippen LogP contribution in [0.4, 0.5) is 4.39 Å². The van der Waals surface area contributed by atoms with E-state index in [1.807, 2.05) is 0 Å². The summed E-state index contributed by atoms with van der Waals surface area (Å²) in [7, 11) is 0. The second-order valence-corrected chi connectivity index (χ2v) is 4.35. The number of benzene rings is 1. The molecule has 2 N–H and O–H groups in total. The molecule has 0 saturated carbocycles. The Morgan fingerprint density at radius 2 is 2.29 bits per heavy atom. The molecule has 0 radical (unpaired) electrons. The average Bonchev–Trinajstić information content (AvgIpc) is 2.38. The minimum atomic E-state index is -0.269. The first-order valence-electron chi connectivity index (χ1n) is 5.99. The van der Waals surface area contributed by atoms with Gasteiger partial charge < -0.3 is 10.6 Å². The van der Waals surface area contributed by atoms with Gasteiger partial charge in [0, 0.05) is 18.7 Å². The number of halogens is 1. The minimum Gasteiger partial charge on any atom is -0.352 e. The fraction of sp³-hybridized carbons (Fsp3) is 0.462. The third-order valence-corrected chi connectivity index (χ3v) is 3.08. The Labute approximate surface area is 100 Å². The number of hydrogen-bond donors (Lipinski definition) is 2. The van der Waals surface area contributed by atoms with Crippen LogP contribution in [0.1, 0.15) is 18.4 Å². The molecule has 1 aliphatic heterocycles. The summed E-state index contributed by atoms with van der Waals surface area (Å²) in [6.45, 7) is 1.97. The molecular formula is C13H17FN2O. The van der Waals surface area contributed by atoms with Gasteiger partial charge in [-0.3, -0.25) is 4.79 Å². The normalized spacial score (nSPS) is 19.9. The van der Waals surface area contributed by atoms with Crippen LogP contribution >= 0.6 is 0 Å².